The van der Waals surface area contributed by atoms with Gasteiger partial charge in [0.05, 0.1) is 11.2 Å². The summed E-state index contributed by atoms with van der Waals surface area (Å²) in [5.74, 6) is 2.69. The summed E-state index contributed by atoms with van der Waals surface area (Å²) in [7, 11) is 0. The Morgan fingerprint density at radius 3 is 3.22 bits per heavy atom. The lowest BCUT2D eigenvalue weighted by Gasteiger charge is -2.38. The van der Waals surface area contributed by atoms with Crippen molar-refractivity contribution in [2.24, 2.45) is 0 Å². The predicted octanol–water partition coefficient (Wildman–Crippen LogP) is 2.92. The van der Waals surface area contributed by atoms with E-state index in [1.165, 1.54) is 0 Å². The Balaban J connectivity index is 1.52. The largest absolute Gasteiger partial charge is 0.441 e. The van der Waals surface area contributed by atoms with E-state index in [2.05, 4.69) is 10.3 Å². The van der Waals surface area contributed by atoms with Gasteiger partial charge >= 0.3 is 0 Å². The number of amides is 1. The summed E-state index contributed by atoms with van der Waals surface area (Å²) in [6, 6.07) is 5.64. The van der Waals surface area contributed by atoms with Gasteiger partial charge in [0.25, 0.3) is 5.91 Å². The standard InChI is InChI=1S/C17H20N2O3S/c1-11-18-15-13(3-2-4-14(15)22-11)16(20)19-12-5-7-21-17(9-12)6-8-23-10-17/h2-4,12H,5-10H2,1H3,(H,19,20). The Bertz CT molecular complexity index is 737. The minimum absolute atomic E-state index is 0.0304. The van der Waals surface area contributed by atoms with E-state index >= 15 is 0 Å². The van der Waals surface area contributed by atoms with Crippen molar-refractivity contribution in [3.05, 3.63) is 29.7 Å². The smallest absolute Gasteiger partial charge is 0.253 e. The summed E-state index contributed by atoms with van der Waals surface area (Å²) in [4.78, 5) is 17.0. The first-order valence-electron chi connectivity index (χ1n) is 8.04. The molecular weight excluding hydrogens is 312 g/mol. The first-order valence-corrected chi connectivity index (χ1v) is 9.19. The molecule has 0 radical (unpaired) electrons. The molecule has 2 atom stereocenters. The maximum atomic E-state index is 12.7. The molecule has 2 aromatic rings. The molecule has 0 saturated carbocycles. The number of carbonyl (C=O) groups excluding carboxylic acids is 1. The molecule has 4 rings (SSSR count). The van der Waals surface area contributed by atoms with Gasteiger partial charge in [-0.1, -0.05) is 6.07 Å². The number of nitrogens with one attached hydrogen (secondary N) is 1. The fourth-order valence-electron chi connectivity index (χ4n) is 3.52. The third kappa shape index (κ3) is 2.85. The summed E-state index contributed by atoms with van der Waals surface area (Å²) >= 11 is 1.94. The normalized spacial score (nSPS) is 27.6. The summed E-state index contributed by atoms with van der Waals surface area (Å²) in [6.07, 6.45) is 2.85. The molecule has 5 nitrogen and oxygen atoms in total. The van der Waals surface area contributed by atoms with Crippen molar-refractivity contribution in [3.63, 3.8) is 0 Å². The minimum atomic E-state index is -0.0726. The van der Waals surface area contributed by atoms with E-state index in [0.29, 0.717) is 22.6 Å². The molecule has 23 heavy (non-hydrogen) atoms. The lowest BCUT2D eigenvalue weighted by Crippen LogP contribution is -2.48. The van der Waals surface area contributed by atoms with Gasteiger partial charge < -0.3 is 14.5 Å². The molecule has 0 aliphatic carbocycles. The van der Waals surface area contributed by atoms with Gasteiger partial charge in [-0.25, -0.2) is 4.98 Å². The van der Waals surface area contributed by atoms with Crippen molar-refractivity contribution in [1.29, 1.82) is 0 Å². The topological polar surface area (TPSA) is 64.4 Å². The van der Waals surface area contributed by atoms with Crippen LogP contribution in [0.3, 0.4) is 0 Å². The zero-order valence-corrected chi connectivity index (χ0v) is 13.9. The van der Waals surface area contributed by atoms with Crippen molar-refractivity contribution in [3.8, 4) is 0 Å². The van der Waals surface area contributed by atoms with Gasteiger partial charge in [-0.15, -0.1) is 0 Å². The number of carbonyl (C=O) groups is 1. The highest BCUT2D eigenvalue weighted by Gasteiger charge is 2.40. The third-order valence-corrected chi connectivity index (χ3v) is 5.89. The Hall–Kier alpha value is -1.53. The molecule has 0 bridgehead atoms. The lowest BCUT2D eigenvalue weighted by molar-refractivity contribution is -0.0688. The molecule has 1 amide bonds. The second-order valence-corrected chi connectivity index (χ2v) is 7.49. The van der Waals surface area contributed by atoms with E-state index in [1.54, 1.807) is 13.0 Å². The summed E-state index contributed by atoms with van der Waals surface area (Å²) in [6.45, 7) is 2.51. The first kappa shape index (κ1) is 15.0. The van der Waals surface area contributed by atoms with E-state index in [0.717, 1.165) is 37.4 Å². The molecule has 1 aromatic heterocycles. The second kappa shape index (κ2) is 5.83. The van der Waals surface area contributed by atoms with Gasteiger partial charge in [0.2, 0.25) is 0 Å². The third-order valence-electron chi connectivity index (χ3n) is 4.67. The number of ether oxygens (including phenoxy) is 1. The number of hydrogen-bond acceptors (Lipinski definition) is 5. The van der Waals surface area contributed by atoms with Crippen LogP contribution in [0.1, 0.15) is 35.5 Å². The van der Waals surface area contributed by atoms with Crippen LogP contribution in [-0.2, 0) is 4.74 Å². The predicted molar refractivity (Wildman–Crippen MR) is 89.9 cm³/mol. The molecule has 1 N–H and O–H groups in total. The summed E-state index contributed by atoms with van der Waals surface area (Å²) in [5, 5.41) is 3.18. The number of para-hydroxylation sites is 1. The number of nitrogens with zero attached hydrogens (tertiary/aromatic N) is 1. The molecule has 2 saturated heterocycles. The van der Waals surface area contributed by atoms with Crippen molar-refractivity contribution in [2.75, 3.05) is 18.1 Å². The Morgan fingerprint density at radius 2 is 2.39 bits per heavy atom. The SMILES string of the molecule is Cc1nc2c(C(=O)NC3CCOC4(CCSC4)C3)cccc2o1. The molecule has 1 aromatic carbocycles. The van der Waals surface area contributed by atoms with Crippen molar-refractivity contribution >= 4 is 28.8 Å². The van der Waals surface area contributed by atoms with Crippen LogP contribution in [0.2, 0.25) is 0 Å². The van der Waals surface area contributed by atoms with Crippen LogP contribution < -0.4 is 5.32 Å². The van der Waals surface area contributed by atoms with Crippen LogP contribution >= 0.6 is 11.8 Å². The van der Waals surface area contributed by atoms with E-state index in [-0.39, 0.29) is 17.6 Å². The molecule has 3 heterocycles. The molecule has 122 valence electrons. The van der Waals surface area contributed by atoms with E-state index < -0.39 is 0 Å². The molecule has 2 fully saturated rings. The summed E-state index contributed by atoms with van der Waals surface area (Å²) in [5.41, 5.74) is 1.85. The fourth-order valence-corrected chi connectivity index (χ4v) is 4.90. The highest BCUT2D eigenvalue weighted by Crippen LogP contribution is 2.38. The number of rotatable bonds is 2. The van der Waals surface area contributed by atoms with Crippen molar-refractivity contribution < 1.29 is 13.9 Å². The quantitative estimate of drug-likeness (QED) is 0.916. The van der Waals surface area contributed by atoms with Crippen LogP contribution in [-0.4, -0.2) is 40.6 Å². The van der Waals surface area contributed by atoms with Gasteiger partial charge in [-0.2, -0.15) is 11.8 Å². The number of aromatic nitrogens is 1. The van der Waals surface area contributed by atoms with Crippen LogP contribution in [0, 0.1) is 6.92 Å². The zero-order chi connectivity index (χ0) is 15.9. The van der Waals surface area contributed by atoms with Crippen LogP contribution in [0.4, 0.5) is 0 Å². The molecule has 1 spiro atoms. The van der Waals surface area contributed by atoms with Gasteiger partial charge in [0.1, 0.15) is 5.52 Å². The Kier molecular flexibility index (Phi) is 3.81. The maximum absolute atomic E-state index is 12.7. The summed E-state index contributed by atoms with van der Waals surface area (Å²) < 4.78 is 11.5. The molecule has 2 unspecified atom stereocenters. The Labute approximate surface area is 139 Å². The van der Waals surface area contributed by atoms with Crippen LogP contribution in [0.25, 0.3) is 11.1 Å². The second-order valence-electron chi connectivity index (χ2n) is 6.38. The molecular formula is C17H20N2O3S. The van der Waals surface area contributed by atoms with E-state index in [9.17, 15) is 4.79 Å². The average Bonchev–Trinajstić information content (AvgIpc) is 3.12. The van der Waals surface area contributed by atoms with E-state index in [1.807, 2.05) is 23.9 Å². The number of benzene rings is 1. The van der Waals surface area contributed by atoms with Crippen LogP contribution in [0.5, 0.6) is 0 Å². The number of fused-ring (bicyclic) bond motifs is 1. The monoisotopic (exact) mass is 332 g/mol. The number of oxazole rings is 1. The number of thioether (sulfide) groups is 1. The van der Waals surface area contributed by atoms with E-state index in [4.69, 9.17) is 9.15 Å². The van der Waals surface area contributed by atoms with Crippen molar-refractivity contribution in [1.82, 2.24) is 10.3 Å². The average molecular weight is 332 g/mol. The zero-order valence-electron chi connectivity index (χ0n) is 13.1. The van der Waals surface area contributed by atoms with Crippen LogP contribution in [0.15, 0.2) is 22.6 Å². The van der Waals surface area contributed by atoms with Gasteiger partial charge in [0.15, 0.2) is 11.5 Å². The Morgan fingerprint density at radius 1 is 1.48 bits per heavy atom. The van der Waals surface area contributed by atoms with Gasteiger partial charge in [0, 0.05) is 25.3 Å². The number of hydrogen-bond donors (Lipinski definition) is 1. The van der Waals surface area contributed by atoms with Gasteiger partial charge in [-0.3, -0.25) is 4.79 Å². The maximum Gasteiger partial charge on any atom is 0.253 e. The number of aryl methyl sites for hydroxylation is 1. The minimum Gasteiger partial charge on any atom is -0.441 e. The lowest BCUT2D eigenvalue weighted by atomic mass is 9.89. The highest BCUT2D eigenvalue weighted by atomic mass is 32.2. The fraction of sp³-hybridized carbons (Fsp3) is 0.529. The molecule has 2 aliphatic rings. The molecule has 2 aliphatic heterocycles. The van der Waals surface area contributed by atoms with Gasteiger partial charge in [-0.05, 0) is 37.1 Å². The van der Waals surface area contributed by atoms with Crippen molar-refractivity contribution in [2.45, 2.75) is 37.8 Å². The first-order chi connectivity index (χ1) is 11.2. The highest BCUT2D eigenvalue weighted by molar-refractivity contribution is 7.99. The molecule has 6 heteroatoms.